The normalized spacial score (nSPS) is 22.5. The lowest BCUT2D eigenvalue weighted by atomic mass is 10.1. The Bertz CT molecular complexity index is 811. The van der Waals surface area contributed by atoms with E-state index in [2.05, 4.69) is 51.6 Å². The Morgan fingerprint density at radius 3 is 2.07 bits per heavy atom. The topological polar surface area (TPSA) is 44.8 Å². The van der Waals surface area contributed by atoms with Crippen molar-refractivity contribution in [3.05, 3.63) is 73.3 Å². The number of benzene rings is 2. The van der Waals surface area contributed by atoms with Gasteiger partial charge in [-0.1, -0.05) is 94.1 Å². The zero-order chi connectivity index (χ0) is 21.8. The maximum absolute atomic E-state index is 12.1. The molecule has 0 N–H and O–H groups in total. The number of rotatable bonds is 6. The minimum absolute atomic E-state index is 0.174. The third-order valence-corrected chi connectivity index (χ3v) is 11.0. The van der Waals surface area contributed by atoms with E-state index in [1.54, 1.807) is 6.08 Å². The van der Waals surface area contributed by atoms with Crippen LogP contribution in [0.4, 0.5) is 4.79 Å². The summed E-state index contributed by atoms with van der Waals surface area (Å²) in [5, 5.41) is 1.72. The lowest BCUT2D eigenvalue weighted by molar-refractivity contribution is 0.0171. The second-order valence-electron chi connectivity index (χ2n) is 8.52. The Labute approximate surface area is 184 Å². The van der Waals surface area contributed by atoms with Gasteiger partial charge < -0.3 is 13.9 Å². The van der Waals surface area contributed by atoms with Gasteiger partial charge in [-0.25, -0.2) is 4.79 Å². The molecule has 4 nitrogen and oxygen atoms in total. The van der Waals surface area contributed by atoms with Crippen LogP contribution in [0.3, 0.4) is 0 Å². The molecule has 0 bridgehead atoms. The number of halogens is 1. The van der Waals surface area contributed by atoms with Crippen molar-refractivity contribution >= 4 is 36.4 Å². The van der Waals surface area contributed by atoms with E-state index in [-0.39, 0.29) is 11.6 Å². The van der Waals surface area contributed by atoms with Gasteiger partial charge in [-0.05, 0) is 15.4 Å². The highest BCUT2D eigenvalue weighted by Gasteiger charge is 2.51. The molecular weight excluding hydrogens is 416 g/mol. The van der Waals surface area contributed by atoms with Gasteiger partial charge in [-0.2, -0.15) is 0 Å². The van der Waals surface area contributed by atoms with Gasteiger partial charge in [-0.15, -0.1) is 11.6 Å². The molecule has 1 fully saturated rings. The van der Waals surface area contributed by atoms with Crippen LogP contribution in [0.2, 0.25) is 5.04 Å². The van der Waals surface area contributed by atoms with E-state index in [0.717, 1.165) is 10.4 Å². The van der Waals surface area contributed by atoms with E-state index in [9.17, 15) is 4.79 Å². The minimum Gasteiger partial charge on any atom is -0.427 e. The highest BCUT2D eigenvalue weighted by Crippen LogP contribution is 2.37. The number of ether oxygens (including phenoxy) is 2. The van der Waals surface area contributed by atoms with Crippen molar-refractivity contribution in [3.63, 3.8) is 0 Å². The summed E-state index contributed by atoms with van der Waals surface area (Å²) in [6.45, 7) is 10.5. The molecule has 0 saturated carbocycles. The zero-order valence-electron chi connectivity index (χ0n) is 17.7. The Hall–Kier alpha value is -2.08. The van der Waals surface area contributed by atoms with Gasteiger partial charge in [0, 0.05) is 6.42 Å². The predicted octanol–water partition coefficient (Wildman–Crippen LogP) is 4.65. The van der Waals surface area contributed by atoms with Crippen molar-refractivity contribution in [1.29, 1.82) is 0 Å². The molecule has 6 heteroatoms. The van der Waals surface area contributed by atoms with Crippen molar-refractivity contribution in [3.8, 4) is 0 Å². The van der Waals surface area contributed by atoms with Gasteiger partial charge in [0.25, 0.3) is 8.32 Å². The summed E-state index contributed by atoms with van der Waals surface area (Å²) >= 11 is 6.59. The van der Waals surface area contributed by atoms with Crippen LogP contribution in [0.25, 0.3) is 0 Å². The molecule has 2 aromatic carbocycles. The van der Waals surface area contributed by atoms with E-state index in [0.29, 0.717) is 6.42 Å². The molecule has 0 unspecified atom stereocenters. The van der Waals surface area contributed by atoms with Gasteiger partial charge in [-0.3, -0.25) is 0 Å². The zero-order valence-corrected chi connectivity index (χ0v) is 19.5. The molecule has 160 valence electrons. The van der Waals surface area contributed by atoms with E-state index in [1.165, 1.54) is 0 Å². The molecule has 0 aromatic heterocycles. The maximum Gasteiger partial charge on any atom is 0.509 e. The first-order chi connectivity index (χ1) is 14.3. The number of carbonyl (C=O) groups is 1. The second kappa shape index (κ2) is 9.37. The summed E-state index contributed by atoms with van der Waals surface area (Å²) in [6.07, 6.45) is 0.204. The number of hydrogen-bond donors (Lipinski definition) is 0. The summed E-state index contributed by atoms with van der Waals surface area (Å²) in [6, 6.07) is 20.6. The fourth-order valence-electron chi connectivity index (χ4n) is 4.02. The Kier molecular flexibility index (Phi) is 7.06. The summed E-state index contributed by atoms with van der Waals surface area (Å²) < 4.78 is 17.6. The summed E-state index contributed by atoms with van der Waals surface area (Å²) in [5.41, 5.74) is 0. The minimum atomic E-state index is -2.74. The van der Waals surface area contributed by atoms with Crippen LogP contribution >= 0.6 is 11.6 Å². The van der Waals surface area contributed by atoms with Gasteiger partial charge in [0.1, 0.15) is 12.2 Å². The van der Waals surface area contributed by atoms with Crippen molar-refractivity contribution in [2.45, 2.75) is 49.8 Å². The van der Waals surface area contributed by atoms with E-state index < -0.39 is 32.1 Å². The third-order valence-electron chi connectivity index (χ3n) is 5.50. The fourth-order valence-corrected chi connectivity index (χ4v) is 8.89. The number of alkyl halides is 1. The number of hydrogen-bond acceptors (Lipinski definition) is 4. The molecule has 0 spiro atoms. The monoisotopic (exact) mass is 444 g/mol. The average Bonchev–Trinajstić information content (AvgIpc) is 2.86. The molecule has 30 heavy (non-hydrogen) atoms. The molecule has 0 aliphatic carbocycles. The van der Waals surface area contributed by atoms with Crippen LogP contribution in [0.5, 0.6) is 0 Å². The van der Waals surface area contributed by atoms with E-state index >= 15 is 0 Å². The lowest BCUT2D eigenvalue weighted by Gasteiger charge is -2.43. The maximum atomic E-state index is 12.1. The summed E-state index contributed by atoms with van der Waals surface area (Å²) in [5.74, 6) is 0. The molecule has 2 aromatic rings. The van der Waals surface area contributed by atoms with Crippen molar-refractivity contribution < 1.29 is 18.7 Å². The highest BCUT2D eigenvalue weighted by molar-refractivity contribution is 6.99. The summed E-state index contributed by atoms with van der Waals surface area (Å²) in [7, 11) is -2.74. The molecule has 0 amide bonds. The van der Waals surface area contributed by atoms with Crippen LogP contribution in [-0.4, -0.2) is 38.7 Å². The van der Waals surface area contributed by atoms with Crippen molar-refractivity contribution in [2.24, 2.45) is 0 Å². The van der Waals surface area contributed by atoms with Crippen molar-refractivity contribution in [1.82, 2.24) is 0 Å². The van der Waals surface area contributed by atoms with Gasteiger partial charge in [0.05, 0.1) is 12.0 Å². The number of carbonyl (C=O) groups excluding carboxylic acids is 1. The standard InChI is InChI=1S/C24H29ClO4Si/c1-5-18-16-21(25)22(29-23(26)28-18)17-27-30(24(2,3)4,19-12-8-6-9-13-19)20-14-10-7-11-15-20/h5-15,18,21-22H,1,16-17H2,2-4H3/t18-,21+,22+/m0/s1. The Morgan fingerprint density at radius 2 is 1.60 bits per heavy atom. The first-order valence-electron chi connectivity index (χ1n) is 10.2. The molecule has 1 heterocycles. The van der Waals surface area contributed by atoms with Crippen LogP contribution in [0.15, 0.2) is 73.3 Å². The van der Waals surface area contributed by atoms with Gasteiger partial charge in [0.2, 0.25) is 0 Å². The first kappa shape index (κ1) is 22.6. The highest BCUT2D eigenvalue weighted by atomic mass is 35.5. The van der Waals surface area contributed by atoms with E-state index in [1.807, 2.05) is 36.4 Å². The molecule has 1 aliphatic rings. The predicted molar refractivity (Wildman–Crippen MR) is 123 cm³/mol. The van der Waals surface area contributed by atoms with Gasteiger partial charge >= 0.3 is 6.16 Å². The first-order valence-corrected chi connectivity index (χ1v) is 12.5. The SMILES string of the molecule is C=C[C@H]1C[C@@H](Cl)[C@@H](CO[Si](c2ccccc2)(c2ccccc2)C(C)(C)C)OC(=O)O1. The summed E-state index contributed by atoms with van der Waals surface area (Å²) in [4.78, 5) is 12.1. The van der Waals surface area contributed by atoms with E-state index in [4.69, 9.17) is 25.5 Å². The Balaban J connectivity index is 1.99. The largest absolute Gasteiger partial charge is 0.509 e. The molecule has 1 aliphatic heterocycles. The molecule has 3 atom stereocenters. The second-order valence-corrected chi connectivity index (χ2v) is 13.4. The van der Waals surface area contributed by atoms with Crippen LogP contribution in [0.1, 0.15) is 27.2 Å². The quantitative estimate of drug-likeness (QED) is 0.281. The third kappa shape index (κ3) is 4.64. The van der Waals surface area contributed by atoms with Crippen molar-refractivity contribution in [2.75, 3.05) is 6.61 Å². The molecule has 1 saturated heterocycles. The smallest absolute Gasteiger partial charge is 0.427 e. The Morgan fingerprint density at radius 1 is 1.07 bits per heavy atom. The number of cyclic esters (lactones) is 2. The average molecular weight is 445 g/mol. The molecule has 0 radical (unpaired) electrons. The van der Waals surface area contributed by atoms with Gasteiger partial charge in [0.15, 0.2) is 0 Å². The van der Waals surface area contributed by atoms with Crippen LogP contribution in [0, 0.1) is 0 Å². The van der Waals surface area contributed by atoms with Crippen LogP contribution < -0.4 is 10.4 Å². The molecule has 3 rings (SSSR count). The lowest BCUT2D eigenvalue weighted by Crippen LogP contribution is -2.67. The fraction of sp³-hybridized carbons (Fsp3) is 0.375. The molecular formula is C24H29ClO4Si. The van der Waals surface area contributed by atoms with Crippen LogP contribution in [-0.2, 0) is 13.9 Å².